The molecule has 0 radical (unpaired) electrons. The Hall–Kier alpha value is -1.68. The zero-order valence-corrected chi connectivity index (χ0v) is 14.4. The van der Waals surface area contributed by atoms with E-state index in [9.17, 15) is 9.59 Å². The molecule has 1 aromatic rings. The zero-order valence-electron chi connectivity index (χ0n) is 14.4. The Morgan fingerprint density at radius 2 is 1.57 bits per heavy atom. The number of aryl methyl sites for hydroxylation is 3. The van der Waals surface area contributed by atoms with Crippen LogP contribution < -0.4 is 0 Å². The molecule has 4 nitrogen and oxygen atoms in total. The van der Waals surface area contributed by atoms with Crippen molar-refractivity contribution in [1.82, 2.24) is 9.80 Å². The van der Waals surface area contributed by atoms with E-state index in [1.807, 2.05) is 18.7 Å². The van der Waals surface area contributed by atoms with E-state index >= 15 is 0 Å². The number of nitrogens with zero attached hydrogens (tertiary/aromatic N) is 2. The van der Waals surface area contributed by atoms with Gasteiger partial charge in [-0.15, -0.1) is 0 Å². The summed E-state index contributed by atoms with van der Waals surface area (Å²) in [5.41, 5.74) is 4.20. The number of carbonyl (C=O) groups excluding carboxylic acids is 2. The number of hydrogen-bond donors (Lipinski definition) is 0. The lowest BCUT2D eigenvalue weighted by Crippen LogP contribution is -2.50. The van der Waals surface area contributed by atoms with Crippen LogP contribution in [0.5, 0.6) is 0 Å². The van der Waals surface area contributed by atoms with Gasteiger partial charge in [0.25, 0.3) is 0 Å². The molecule has 0 N–H and O–H groups in total. The minimum atomic E-state index is 0.196. The molecule has 0 spiro atoms. The monoisotopic (exact) mass is 314 g/mol. The standard InChI is InChI=1S/C19H26N2O2/c1-13-10-14(2)18(15(3)11-13)17(22)12-20-6-8-21(9-7-20)19(23)16-4-5-16/h10-11,16H,4-9,12H2,1-3H3. The number of rotatable bonds is 4. The van der Waals surface area contributed by atoms with Crippen molar-refractivity contribution in [3.05, 3.63) is 34.4 Å². The van der Waals surface area contributed by atoms with E-state index in [1.165, 1.54) is 5.56 Å². The summed E-state index contributed by atoms with van der Waals surface area (Å²) in [5, 5.41) is 0. The van der Waals surface area contributed by atoms with Crippen LogP contribution in [0.1, 0.15) is 39.9 Å². The Morgan fingerprint density at radius 1 is 1.00 bits per heavy atom. The van der Waals surface area contributed by atoms with Gasteiger partial charge in [0.2, 0.25) is 5.91 Å². The average Bonchev–Trinajstić information content (AvgIpc) is 3.30. The van der Waals surface area contributed by atoms with Crippen LogP contribution in [0.3, 0.4) is 0 Å². The van der Waals surface area contributed by atoms with Crippen molar-refractivity contribution in [2.24, 2.45) is 5.92 Å². The predicted molar refractivity (Wildman–Crippen MR) is 90.7 cm³/mol. The van der Waals surface area contributed by atoms with E-state index in [-0.39, 0.29) is 5.78 Å². The van der Waals surface area contributed by atoms with Crippen LogP contribution in [0.15, 0.2) is 12.1 Å². The van der Waals surface area contributed by atoms with E-state index in [4.69, 9.17) is 0 Å². The zero-order chi connectivity index (χ0) is 16.6. The van der Waals surface area contributed by atoms with Gasteiger partial charge in [-0.2, -0.15) is 0 Å². The van der Waals surface area contributed by atoms with Crippen molar-refractivity contribution >= 4 is 11.7 Å². The molecule has 0 bridgehead atoms. The van der Waals surface area contributed by atoms with Gasteiger partial charge in [0, 0.05) is 37.7 Å². The van der Waals surface area contributed by atoms with E-state index < -0.39 is 0 Å². The molecule has 2 aliphatic rings. The summed E-state index contributed by atoms with van der Waals surface area (Å²) in [6.07, 6.45) is 2.12. The highest BCUT2D eigenvalue weighted by molar-refractivity contribution is 6.00. The lowest BCUT2D eigenvalue weighted by atomic mass is 9.96. The van der Waals surface area contributed by atoms with Crippen LogP contribution in [0.4, 0.5) is 0 Å². The summed E-state index contributed by atoms with van der Waals surface area (Å²) >= 11 is 0. The van der Waals surface area contributed by atoms with Gasteiger partial charge in [-0.1, -0.05) is 17.7 Å². The van der Waals surface area contributed by atoms with Crippen molar-refractivity contribution in [2.75, 3.05) is 32.7 Å². The van der Waals surface area contributed by atoms with Gasteiger partial charge in [-0.05, 0) is 44.7 Å². The predicted octanol–water partition coefficient (Wildman–Crippen LogP) is 2.35. The number of hydrogen-bond acceptors (Lipinski definition) is 3. The minimum absolute atomic E-state index is 0.196. The lowest BCUT2D eigenvalue weighted by molar-refractivity contribution is -0.134. The molecule has 23 heavy (non-hydrogen) atoms. The van der Waals surface area contributed by atoms with Crippen molar-refractivity contribution in [1.29, 1.82) is 0 Å². The highest BCUT2D eigenvalue weighted by atomic mass is 16.2. The maximum absolute atomic E-state index is 12.7. The topological polar surface area (TPSA) is 40.6 Å². The second kappa shape index (κ2) is 6.44. The molecule has 1 aliphatic heterocycles. The SMILES string of the molecule is Cc1cc(C)c(C(=O)CN2CCN(C(=O)C3CC3)CC2)c(C)c1. The third kappa shape index (κ3) is 3.63. The van der Waals surface area contributed by atoms with Crippen molar-refractivity contribution in [3.8, 4) is 0 Å². The Balaban J connectivity index is 1.58. The molecule has 0 unspecified atom stereocenters. The molecule has 1 heterocycles. The maximum atomic E-state index is 12.7. The largest absolute Gasteiger partial charge is 0.340 e. The van der Waals surface area contributed by atoms with Crippen LogP contribution in [0.25, 0.3) is 0 Å². The maximum Gasteiger partial charge on any atom is 0.225 e. The third-order valence-corrected chi connectivity index (χ3v) is 4.93. The molecular weight excluding hydrogens is 288 g/mol. The Labute approximate surface area is 138 Å². The summed E-state index contributed by atoms with van der Waals surface area (Å²) in [7, 11) is 0. The molecule has 2 fully saturated rings. The summed E-state index contributed by atoms with van der Waals surface area (Å²) in [4.78, 5) is 28.9. The molecule has 1 saturated carbocycles. The van der Waals surface area contributed by atoms with Gasteiger partial charge in [-0.3, -0.25) is 14.5 Å². The molecule has 124 valence electrons. The first-order valence-electron chi connectivity index (χ1n) is 8.58. The van der Waals surface area contributed by atoms with E-state index in [0.717, 1.165) is 55.7 Å². The molecule has 1 aliphatic carbocycles. The number of amides is 1. The Bertz CT molecular complexity index is 603. The summed E-state index contributed by atoms with van der Waals surface area (Å²) in [5.74, 6) is 0.809. The van der Waals surface area contributed by atoms with Gasteiger partial charge in [-0.25, -0.2) is 0 Å². The fraction of sp³-hybridized carbons (Fsp3) is 0.579. The van der Waals surface area contributed by atoms with Crippen molar-refractivity contribution in [2.45, 2.75) is 33.6 Å². The van der Waals surface area contributed by atoms with Gasteiger partial charge in [0.1, 0.15) is 0 Å². The molecular formula is C19H26N2O2. The molecule has 4 heteroatoms. The molecule has 1 amide bonds. The van der Waals surface area contributed by atoms with Crippen molar-refractivity contribution in [3.63, 3.8) is 0 Å². The highest BCUT2D eigenvalue weighted by Gasteiger charge is 2.34. The summed E-state index contributed by atoms with van der Waals surface area (Å²) in [6, 6.07) is 4.15. The average molecular weight is 314 g/mol. The number of carbonyl (C=O) groups is 2. The third-order valence-electron chi connectivity index (χ3n) is 4.93. The van der Waals surface area contributed by atoms with Gasteiger partial charge in [0.05, 0.1) is 6.54 Å². The second-order valence-electron chi connectivity index (χ2n) is 7.07. The fourth-order valence-corrected chi connectivity index (χ4v) is 3.62. The van der Waals surface area contributed by atoms with Crippen molar-refractivity contribution < 1.29 is 9.59 Å². The second-order valence-corrected chi connectivity index (χ2v) is 7.07. The highest BCUT2D eigenvalue weighted by Crippen LogP contribution is 2.31. The van der Waals surface area contributed by atoms with Crippen LogP contribution in [-0.4, -0.2) is 54.2 Å². The smallest absolute Gasteiger partial charge is 0.225 e. The van der Waals surface area contributed by atoms with Crippen LogP contribution in [0.2, 0.25) is 0 Å². The van der Waals surface area contributed by atoms with Gasteiger partial charge >= 0.3 is 0 Å². The molecule has 1 saturated heterocycles. The first-order valence-corrected chi connectivity index (χ1v) is 8.58. The first kappa shape index (κ1) is 16.2. The molecule has 3 rings (SSSR count). The number of benzene rings is 1. The number of Topliss-reactive ketones (excluding diaryl/α,β-unsaturated/α-hetero) is 1. The molecule has 0 atom stereocenters. The van der Waals surface area contributed by atoms with Crippen LogP contribution >= 0.6 is 0 Å². The molecule has 0 aromatic heterocycles. The van der Waals surface area contributed by atoms with Gasteiger partial charge in [0.15, 0.2) is 5.78 Å². The Kier molecular flexibility index (Phi) is 4.53. The van der Waals surface area contributed by atoms with E-state index in [2.05, 4.69) is 24.0 Å². The summed E-state index contributed by atoms with van der Waals surface area (Å²) < 4.78 is 0. The fourth-order valence-electron chi connectivity index (χ4n) is 3.62. The normalized spacial score (nSPS) is 19.0. The Morgan fingerprint density at radius 3 is 2.09 bits per heavy atom. The molecule has 1 aromatic carbocycles. The quantitative estimate of drug-likeness (QED) is 0.801. The first-order chi connectivity index (χ1) is 11.0. The van der Waals surface area contributed by atoms with Crippen LogP contribution in [0, 0.1) is 26.7 Å². The lowest BCUT2D eigenvalue weighted by Gasteiger charge is -2.34. The number of piperazine rings is 1. The summed E-state index contributed by atoms with van der Waals surface area (Å²) in [6.45, 7) is 9.66. The number of ketones is 1. The minimum Gasteiger partial charge on any atom is -0.340 e. The van der Waals surface area contributed by atoms with E-state index in [0.29, 0.717) is 18.4 Å². The van der Waals surface area contributed by atoms with Crippen LogP contribution in [-0.2, 0) is 4.79 Å². The van der Waals surface area contributed by atoms with E-state index in [1.54, 1.807) is 0 Å². The van der Waals surface area contributed by atoms with Gasteiger partial charge < -0.3 is 4.90 Å².